The molecule has 0 bridgehead atoms. The third-order valence-electron chi connectivity index (χ3n) is 5.35. The molecule has 29 heavy (non-hydrogen) atoms. The molecule has 0 spiro atoms. The Morgan fingerprint density at radius 3 is 2.97 bits per heavy atom. The number of aromatic nitrogens is 3. The highest BCUT2D eigenvalue weighted by molar-refractivity contribution is 9.10. The second kappa shape index (κ2) is 7.28. The summed E-state index contributed by atoms with van der Waals surface area (Å²) < 4.78 is 44.8. The Kier molecular flexibility index (Phi) is 5.06. The highest BCUT2D eigenvalue weighted by atomic mass is 79.9. The van der Waals surface area contributed by atoms with Gasteiger partial charge in [0.1, 0.15) is 10.3 Å². The number of fused-ring (bicyclic) bond motifs is 3. The lowest BCUT2D eigenvalue weighted by Crippen LogP contribution is -2.45. The van der Waals surface area contributed by atoms with Gasteiger partial charge in [-0.2, -0.15) is 13.9 Å². The molecule has 0 radical (unpaired) electrons. The van der Waals surface area contributed by atoms with Gasteiger partial charge in [0.25, 0.3) is 5.92 Å². The van der Waals surface area contributed by atoms with Crippen molar-refractivity contribution in [3.63, 3.8) is 0 Å². The fourth-order valence-corrected chi connectivity index (χ4v) is 4.20. The quantitative estimate of drug-likeness (QED) is 0.621. The first-order valence-electron chi connectivity index (χ1n) is 9.20. The Labute approximate surface area is 173 Å². The van der Waals surface area contributed by atoms with E-state index in [1.165, 1.54) is 21.8 Å². The number of nitrogens with zero attached hydrogens (tertiary/aromatic N) is 4. The average Bonchev–Trinajstić information content (AvgIpc) is 2.95. The molecule has 7 nitrogen and oxygen atoms in total. The van der Waals surface area contributed by atoms with Crippen LogP contribution in [0.25, 0.3) is 0 Å². The van der Waals surface area contributed by atoms with E-state index >= 15 is 0 Å². The molecule has 11 heteroatoms. The van der Waals surface area contributed by atoms with E-state index in [1.807, 2.05) is 0 Å². The molecule has 2 N–H and O–H groups in total. The van der Waals surface area contributed by atoms with Crippen molar-refractivity contribution in [2.45, 2.75) is 57.3 Å². The molecule has 0 aromatic carbocycles. The summed E-state index contributed by atoms with van der Waals surface area (Å²) >= 11 is 2.96. The van der Waals surface area contributed by atoms with Crippen molar-refractivity contribution >= 4 is 27.6 Å². The Morgan fingerprint density at radius 1 is 1.45 bits per heavy atom. The van der Waals surface area contributed by atoms with Crippen LogP contribution in [-0.2, 0) is 25.4 Å². The first kappa shape index (κ1) is 20.1. The van der Waals surface area contributed by atoms with Gasteiger partial charge in [-0.25, -0.2) is 14.2 Å². The predicted octanol–water partition coefficient (Wildman–Crippen LogP) is 3.40. The van der Waals surface area contributed by atoms with Crippen molar-refractivity contribution < 1.29 is 23.1 Å². The van der Waals surface area contributed by atoms with Gasteiger partial charge in [0.05, 0.1) is 30.6 Å². The number of aliphatic hydroxyl groups excluding tert-OH is 1. The van der Waals surface area contributed by atoms with Crippen LogP contribution >= 0.6 is 15.9 Å². The van der Waals surface area contributed by atoms with Gasteiger partial charge in [-0.05, 0) is 35.3 Å². The number of alkyl halides is 2. The van der Waals surface area contributed by atoms with Gasteiger partial charge < -0.3 is 15.3 Å². The third-order valence-corrected chi connectivity index (χ3v) is 5.91. The lowest BCUT2D eigenvalue weighted by Gasteiger charge is -2.33. The van der Waals surface area contributed by atoms with Crippen LogP contribution in [0.4, 0.5) is 23.7 Å². The Morgan fingerprint density at radius 2 is 2.21 bits per heavy atom. The maximum atomic E-state index is 14.8. The van der Waals surface area contributed by atoms with Crippen molar-refractivity contribution in [3.8, 4) is 0 Å². The van der Waals surface area contributed by atoms with Gasteiger partial charge in [-0.3, -0.25) is 4.68 Å². The summed E-state index contributed by atoms with van der Waals surface area (Å²) in [5, 5.41) is 16.7. The van der Waals surface area contributed by atoms with Crippen LogP contribution in [0.2, 0.25) is 0 Å². The largest absolute Gasteiger partial charge is 0.391 e. The number of aliphatic hydroxyl groups is 1. The van der Waals surface area contributed by atoms with Crippen LogP contribution in [0, 0.1) is 5.82 Å². The number of pyridine rings is 1. The molecule has 2 aliphatic rings. The fourth-order valence-electron chi connectivity index (χ4n) is 3.87. The first-order chi connectivity index (χ1) is 13.7. The topological polar surface area (TPSA) is 83.3 Å². The smallest absolute Gasteiger partial charge is 0.322 e. The predicted molar refractivity (Wildman–Crippen MR) is 101 cm³/mol. The zero-order valence-electron chi connectivity index (χ0n) is 15.5. The molecule has 4 heterocycles. The summed E-state index contributed by atoms with van der Waals surface area (Å²) in [7, 11) is 0. The molecule has 2 aromatic heterocycles. The number of anilines is 1. The van der Waals surface area contributed by atoms with Crippen LogP contribution < -0.4 is 5.32 Å². The maximum Gasteiger partial charge on any atom is 0.322 e. The van der Waals surface area contributed by atoms with E-state index in [9.17, 15) is 23.1 Å². The van der Waals surface area contributed by atoms with Crippen molar-refractivity contribution in [1.82, 2.24) is 19.7 Å². The Bertz CT molecular complexity index is 967. The third kappa shape index (κ3) is 3.61. The minimum atomic E-state index is -3.15. The number of halogens is 4. The minimum absolute atomic E-state index is 0.00520. The van der Waals surface area contributed by atoms with Crippen molar-refractivity contribution in [3.05, 3.63) is 39.6 Å². The van der Waals surface area contributed by atoms with Gasteiger partial charge in [-0.1, -0.05) is 0 Å². The molecule has 2 aliphatic heterocycles. The molecule has 0 saturated heterocycles. The van der Waals surface area contributed by atoms with E-state index < -0.39 is 30.3 Å². The number of nitrogens with one attached hydrogen (secondary N) is 1. The number of rotatable bonds is 1. The number of hydrogen-bond acceptors (Lipinski definition) is 4. The van der Waals surface area contributed by atoms with Crippen LogP contribution in [0.5, 0.6) is 0 Å². The lowest BCUT2D eigenvalue weighted by atomic mass is 9.96. The van der Waals surface area contributed by atoms with Crippen molar-refractivity contribution in [2.75, 3.05) is 5.32 Å². The molecule has 0 aliphatic carbocycles. The Balaban J connectivity index is 1.64. The molecule has 2 atom stereocenters. The zero-order chi connectivity index (χ0) is 20.9. The number of hydrogen-bond donors (Lipinski definition) is 2. The normalized spacial score (nSPS) is 23.2. The number of urea groups is 1. The lowest BCUT2D eigenvalue weighted by molar-refractivity contribution is -0.0250. The summed E-state index contributed by atoms with van der Waals surface area (Å²) in [6.45, 7) is 1.70. The second-order valence-electron chi connectivity index (χ2n) is 7.43. The highest BCUT2D eigenvalue weighted by Gasteiger charge is 2.44. The van der Waals surface area contributed by atoms with Crippen LogP contribution in [0.15, 0.2) is 16.9 Å². The van der Waals surface area contributed by atoms with Gasteiger partial charge in [0, 0.05) is 30.6 Å². The van der Waals surface area contributed by atoms with E-state index in [0.29, 0.717) is 11.3 Å². The molecule has 156 valence electrons. The SMILES string of the molecule is C[C@@H]1Cc2nn3c(c2CN1C(=O)Nc1ccnc(Br)c1F)C(F)(F)CC[C@H](O)C3. The minimum Gasteiger partial charge on any atom is -0.391 e. The van der Waals surface area contributed by atoms with Crippen LogP contribution in [0.3, 0.4) is 0 Å². The monoisotopic (exact) mass is 473 g/mol. The van der Waals surface area contributed by atoms with Crippen molar-refractivity contribution in [2.24, 2.45) is 0 Å². The molecule has 0 fully saturated rings. The van der Waals surface area contributed by atoms with Crippen molar-refractivity contribution in [1.29, 1.82) is 0 Å². The van der Waals surface area contributed by atoms with Gasteiger partial charge in [-0.15, -0.1) is 0 Å². The van der Waals surface area contributed by atoms with E-state index in [2.05, 4.69) is 31.3 Å². The summed E-state index contributed by atoms with van der Waals surface area (Å²) in [4.78, 5) is 17.9. The molecular weight excluding hydrogens is 455 g/mol. The Hall–Kier alpha value is -2.14. The van der Waals surface area contributed by atoms with Crippen LogP contribution in [0.1, 0.15) is 36.7 Å². The average molecular weight is 474 g/mol. The number of carbonyl (C=O) groups is 1. The maximum absolute atomic E-state index is 14.8. The van der Waals surface area contributed by atoms with Crippen LogP contribution in [-0.4, -0.2) is 42.9 Å². The van der Waals surface area contributed by atoms with E-state index in [0.717, 1.165) is 0 Å². The number of amides is 2. The zero-order valence-corrected chi connectivity index (χ0v) is 17.1. The van der Waals surface area contributed by atoms with Gasteiger partial charge >= 0.3 is 6.03 Å². The first-order valence-corrected chi connectivity index (χ1v) is 9.99. The summed E-state index contributed by atoms with van der Waals surface area (Å²) in [5.41, 5.74) is 0.501. The molecule has 4 rings (SSSR count). The summed E-state index contributed by atoms with van der Waals surface area (Å²) in [6, 6.07) is 0.394. The molecule has 2 aromatic rings. The van der Waals surface area contributed by atoms with E-state index in [1.54, 1.807) is 6.92 Å². The van der Waals surface area contributed by atoms with E-state index in [-0.39, 0.29) is 48.0 Å². The number of carbonyl (C=O) groups excluding carboxylic acids is 1. The standard InChI is InChI=1S/C18H19BrF3N5O2/c1-9-6-13-11(15-18(21,22)4-2-10(28)7-27(15)25-13)8-26(9)17(29)24-12-3-5-23-16(19)14(12)20/h3,5,9-10,28H,2,4,6-8H2,1H3,(H,23,24,29)/t9-,10+/m1/s1. The summed E-state index contributed by atoms with van der Waals surface area (Å²) in [6.07, 6.45) is 0.224. The summed E-state index contributed by atoms with van der Waals surface area (Å²) in [5.74, 6) is -3.87. The molecule has 0 unspecified atom stereocenters. The second-order valence-corrected chi connectivity index (χ2v) is 8.18. The molecule has 2 amide bonds. The highest BCUT2D eigenvalue weighted by Crippen LogP contribution is 2.41. The van der Waals surface area contributed by atoms with Gasteiger partial charge in [0.15, 0.2) is 5.82 Å². The van der Waals surface area contributed by atoms with E-state index in [4.69, 9.17) is 0 Å². The molecule has 0 saturated carbocycles. The van der Waals surface area contributed by atoms with Gasteiger partial charge in [0.2, 0.25) is 0 Å². The molecular formula is C18H19BrF3N5O2. The fraction of sp³-hybridized carbons (Fsp3) is 0.500.